The number of aliphatic hydroxyl groups excluding tert-OH is 1. The summed E-state index contributed by atoms with van der Waals surface area (Å²) >= 11 is 0. The summed E-state index contributed by atoms with van der Waals surface area (Å²) in [4.78, 5) is 16.4. The fourth-order valence-electron chi connectivity index (χ4n) is 3.22. The average molecular weight is 319 g/mol. The largest absolute Gasteiger partial charge is 0.396 e. The summed E-state index contributed by atoms with van der Waals surface area (Å²) in [5.74, 6) is -0.0185. The van der Waals surface area contributed by atoms with Crippen molar-refractivity contribution in [2.75, 3.05) is 13.2 Å². The predicted octanol–water partition coefficient (Wildman–Crippen LogP) is 2.50. The first-order valence-corrected chi connectivity index (χ1v) is 8.56. The lowest BCUT2D eigenvalue weighted by molar-refractivity contribution is 0.164. The van der Waals surface area contributed by atoms with Crippen LogP contribution in [0, 0.1) is 11.3 Å². The van der Waals surface area contributed by atoms with Crippen molar-refractivity contribution < 1.29 is 9.90 Å². The highest BCUT2D eigenvalue weighted by Gasteiger charge is 2.33. The van der Waals surface area contributed by atoms with Crippen molar-refractivity contribution in [3.63, 3.8) is 0 Å². The maximum absolute atomic E-state index is 12.2. The van der Waals surface area contributed by atoms with Gasteiger partial charge in [0.25, 0.3) is 0 Å². The first kappa shape index (κ1) is 17.7. The lowest BCUT2D eigenvalue weighted by Gasteiger charge is -2.39. The summed E-state index contributed by atoms with van der Waals surface area (Å²) in [5, 5.41) is 15.5. The molecule has 0 radical (unpaired) electrons. The van der Waals surface area contributed by atoms with Gasteiger partial charge in [-0.2, -0.15) is 0 Å². The Bertz CT molecular complexity index is 490. The van der Waals surface area contributed by atoms with Crippen LogP contribution in [0.15, 0.2) is 24.4 Å². The third-order valence-corrected chi connectivity index (χ3v) is 4.85. The third kappa shape index (κ3) is 5.50. The number of carbonyl (C=O) groups is 1. The molecule has 0 aromatic carbocycles. The van der Waals surface area contributed by atoms with Gasteiger partial charge in [0.15, 0.2) is 0 Å². The Morgan fingerprint density at radius 3 is 2.91 bits per heavy atom. The first-order valence-electron chi connectivity index (χ1n) is 8.56. The van der Waals surface area contributed by atoms with E-state index in [0.29, 0.717) is 13.0 Å². The molecule has 0 saturated heterocycles. The molecule has 1 saturated carbocycles. The predicted molar refractivity (Wildman–Crippen MR) is 91.1 cm³/mol. The topological polar surface area (TPSA) is 74.2 Å². The molecule has 1 aliphatic carbocycles. The summed E-state index contributed by atoms with van der Waals surface area (Å²) in [6, 6.07) is 5.83. The molecule has 3 N–H and O–H groups in total. The number of hydrogen-bond donors (Lipinski definition) is 3. The Kier molecular flexibility index (Phi) is 6.39. The lowest BCUT2D eigenvalue weighted by atomic mass is 9.73. The molecule has 2 unspecified atom stereocenters. The maximum atomic E-state index is 12.2. The highest BCUT2D eigenvalue weighted by Crippen LogP contribution is 2.35. The molecular weight excluding hydrogens is 290 g/mol. The first-order chi connectivity index (χ1) is 11.0. The van der Waals surface area contributed by atoms with E-state index in [4.69, 9.17) is 0 Å². The van der Waals surface area contributed by atoms with Crippen LogP contribution < -0.4 is 10.6 Å². The molecule has 5 heteroatoms. The number of carbonyl (C=O) groups excluding carboxylic acids is 1. The van der Waals surface area contributed by atoms with Crippen LogP contribution in [0.4, 0.5) is 4.79 Å². The molecule has 0 bridgehead atoms. The zero-order valence-corrected chi connectivity index (χ0v) is 14.2. The van der Waals surface area contributed by atoms with E-state index in [1.807, 2.05) is 18.2 Å². The summed E-state index contributed by atoms with van der Waals surface area (Å²) in [6.45, 7) is 4.92. The number of amides is 2. The minimum absolute atomic E-state index is 0.0185. The molecule has 1 aliphatic rings. The van der Waals surface area contributed by atoms with Gasteiger partial charge < -0.3 is 15.7 Å². The molecule has 1 aromatic rings. The number of urea groups is 1. The van der Waals surface area contributed by atoms with Crippen molar-refractivity contribution in [2.45, 2.75) is 52.0 Å². The average Bonchev–Trinajstić information content (AvgIpc) is 2.54. The van der Waals surface area contributed by atoms with Crippen LogP contribution in [0.1, 0.15) is 45.2 Å². The molecule has 0 aliphatic heterocycles. The van der Waals surface area contributed by atoms with Gasteiger partial charge in [0.1, 0.15) is 0 Å². The monoisotopic (exact) mass is 319 g/mol. The van der Waals surface area contributed by atoms with E-state index in [9.17, 15) is 9.90 Å². The Morgan fingerprint density at radius 2 is 2.26 bits per heavy atom. The zero-order valence-electron chi connectivity index (χ0n) is 14.2. The lowest BCUT2D eigenvalue weighted by Crippen LogP contribution is -2.51. The summed E-state index contributed by atoms with van der Waals surface area (Å²) in [7, 11) is 0. The molecule has 2 rings (SSSR count). The standard InChI is InChI=1S/C18H29N3O2/c1-18(2)9-5-3-8-16(18)21-17(23)20-12-14(13-22)11-15-7-4-6-10-19-15/h4,6-7,10,14,16,22H,3,5,8-9,11-13H2,1-2H3,(H2,20,21,23). The molecule has 2 atom stereocenters. The molecule has 23 heavy (non-hydrogen) atoms. The van der Waals surface area contributed by atoms with Crippen molar-refractivity contribution >= 4 is 6.03 Å². The molecule has 1 aromatic heterocycles. The summed E-state index contributed by atoms with van der Waals surface area (Å²) < 4.78 is 0. The van der Waals surface area contributed by atoms with Gasteiger partial charge in [-0.3, -0.25) is 4.98 Å². The van der Waals surface area contributed by atoms with Crippen LogP contribution in [-0.4, -0.2) is 35.3 Å². The molecule has 1 heterocycles. The fourth-order valence-corrected chi connectivity index (χ4v) is 3.22. The molecule has 128 valence electrons. The van der Waals surface area contributed by atoms with Gasteiger partial charge in [0, 0.05) is 37.0 Å². The fraction of sp³-hybridized carbons (Fsp3) is 0.667. The molecule has 1 fully saturated rings. The molecule has 5 nitrogen and oxygen atoms in total. The van der Waals surface area contributed by atoms with E-state index < -0.39 is 0 Å². The van der Waals surface area contributed by atoms with Gasteiger partial charge in [0.05, 0.1) is 0 Å². The molecule has 0 spiro atoms. The minimum Gasteiger partial charge on any atom is -0.396 e. The number of hydrogen-bond acceptors (Lipinski definition) is 3. The van der Waals surface area contributed by atoms with E-state index in [0.717, 1.165) is 18.5 Å². The van der Waals surface area contributed by atoms with Crippen LogP contribution in [0.5, 0.6) is 0 Å². The van der Waals surface area contributed by atoms with E-state index in [-0.39, 0.29) is 30.0 Å². The SMILES string of the molecule is CC1(C)CCCCC1NC(=O)NCC(CO)Cc1ccccn1. The van der Waals surface area contributed by atoms with Crippen molar-refractivity contribution in [1.82, 2.24) is 15.6 Å². The van der Waals surface area contributed by atoms with Gasteiger partial charge >= 0.3 is 6.03 Å². The highest BCUT2D eigenvalue weighted by atomic mass is 16.3. The van der Waals surface area contributed by atoms with Crippen molar-refractivity contribution in [3.05, 3.63) is 30.1 Å². The Labute approximate surface area is 138 Å². The van der Waals surface area contributed by atoms with Crippen LogP contribution in [-0.2, 0) is 6.42 Å². The van der Waals surface area contributed by atoms with Gasteiger partial charge in [-0.15, -0.1) is 0 Å². The van der Waals surface area contributed by atoms with Gasteiger partial charge in [0.2, 0.25) is 0 Å². The van der Waals surface area contributed by atoms with Crippen LogP contribution in [0.2, 0.25) is 0 Å². The Hall–Kier alpha value is -1.62. The van der Waals surface area contributed by atoms with Crippen molar-refractivity contribution in [3.8, 4) is 0 Å². The Balaban J connectivity index is 1.78. The highest BCUT2D eigenvalue weighted by molar-refractivity contribution is 5.74. The number of aromatic nitrogens is 1. The van der Waals surface area contributed by atoms with E-state index in [1.54, 1.807) is 6.20 Å². The van der Waals surface area contributed by atoms with Crippen molar-refractivity contribution in [1.29, 1.82) is 0 Å². The van der Waals surface area contributed by atoms with E-state index in [1.165, 1.54) is 12.8 Å². The van der Waals surface area contributed by atoms with Crippen molar-refractivity contribution in [2.24, 2.45) is 11.3 Å². The number of rotatable bonds is 6. The minimum atomic E-state index is -0.135. The number of pyridine rings is 1. The van der Waals surface area contributed by atoms with E-state index >= 15 is 0 Å². The number of nitrogens with zero attached hydrogens (tertiary/aromatic N) is 1. The smallest absolute Gasteiger partial charge is 0.315 e. The quantitative estimate of drug-likeness (QED) is 0.754. The molecular formula is C18H29N3O2. The normalized spacial score (nSPS) is 21.4. The second kappa shape index (κ2) is 8.29. The molecule has 2 amide bonds. The van der Waals surface area contributed by atoms with Gasteiger partial charge in [-0.25, -0.2) is 4.79 Å². The number of nitrogens with one attached hydrogen (secondary N) is 2. The van der Waals surface area contributed by atoms with Crippen LogP contribution in [0.25, 0.3) is 0 Å². The van der Waals surface area contributed by atoms with Crippen LogP contribution in [0.3, 0.4) is 0 Å². The van der Waals surface area contributed by atoms with Gasteiger partial charge in [-0.1, -0.05) is 32.8 Å². The van der Waals surface area contributed by atoms with Crippen LogP contribution >= 0.6 is 0 Å². The summed E-state index contributed by atoms with van der Waals surface area (Å²) in [6.07, 6.45) is 7.01. The Morgan fingerprint density at radius 1 is 1.43 bits per heavy atom. The summed E-state index contributed by atoms with van der Waals surface area (Å²) in [5.41, 5.74) is 1.09. The second-order valence-corrected chi connectivity index (χ2v) is 7.22. The zero-order chi connectivity index (χ0) is 16.7. The van der Waals surface area contributed by atoms with Gasteiger partial charge in [-0.05, 0) is 36.8 Å². The maximum Gasteiger partial charge on any atom is 0.315 e. The number of aliphatic hydroxyl groups is 1. The second-order valence-electron chi connectivity index (χ2n) is 7.22. The van der Waals surface area contributed by atoms with E-state index in [2.05, 4.69) is 29.5 Å². The third-order valence-electron chi connectivity index (χ3n) is 4.85.